The highest BCUT2D eigenvalue weighted by Crippen LogP contribution is 2.58. The lowest BCUT2D eigenvalue weighted by molar-refractivity contribution is 1.12. The van der Waals surface area contributed by atoms with E-state index < -0.39 is 0 Å². The topological polar surface area (TPSA) is 32.3 Å². The zero-order valence-electron chi connectivity index (χ0n) is 29.7. The van der Waals surface area contributed by atoms with Gasteiger partial charge in [-0.05, 0) is 50.3 Å². The number of nitrogens with zero attached hydrogens (tertiary/aromatic N) is 4. The first-order chi connectivity index (χ1) is 26.6. The maximum absolute atomic E-state index is 5.61. The average molecular weight is 771 g/mol. The first-order valence-corrected chi connectivity index (χ1v) is 20.8. The third kappa shape index (κ3) is 5.86. The van der Waals surface area contributed by atoms with E-state index in [1.54, 1.807) is 46.2 Å². The van der Waals surface area contributed by atoms with Gasteiger partial charge in [-0.15, -0.1) is 22.7 Å². The van der Waals surface area contributed by atoms with E-state index in [0.717, 1.165) is 80.6 Å². The van der Waals surface area contributed by atoms with Crippen LogP contribution < -0.4 is 9.80 Å². The van der Waals surface area contributed by atoms with Gasteiger partial charge in [-0.2, -0.15) is 0 Å². The van der Waals surface area contributed by atoms with Crippen LogP contribution in [-0.2, 0) is 0 Å². The summed E-state index contributed by atoms with van der Waals surface area (Å²) in [4.78, 5) is 20.8. The van der Waals surface area contributed by atoms with E-state index in [1.807, 2.05) is 24.3 Å². The molecule has 8 heteroatoms. The van der Waals surface area contributed by atoms with Gasteiger partial charge in [-0.3, -0.25) is 0 Å². The molecular weight excluding hydrogens is 737 g/mol. The monoisotopic (exact) mass is 770 g/mol. The molecule has 0 unspecified atom stereocenters. The minimum atomic E-state index is 0.940. The molecule has 2 aliphatic rings. The Balaban J connectivity index is 1.47. The summed E-state index contributed by atoms with van der Waals surface area (Å²) in [5, 5.41) is 1.93. The maximum atomic E-state index is 5.61. The van der Waals surface area contributed by atoms with Crippen molar-refractivity contribution in [1.82, 2.24) is 9.97 Å². The fraction of sp³-hybridized carbons (Fsp3) is 0.0435. The Bertz CT molecular complexity index is 2640. The number of aromatic nitrogens is 2. The van der Waals surface area contributed by atoms with Gasteiger partial charge in [0.1, 0.15) is 21.0 Å². The fourth-order valence-corrected chi connectivity index (χ4v) is 11.2. The van der Waals surface area contributed by atoms with Crippen molar-refractivity contribution in [1.29, 1.82) is 0 Å². The second kappa shape index (κ2) is 14.5. The van der Waals surface area contributed by atoms with Crippen LogP contribution in [0.2, 0.25) is 0 Å². The van der Waals surface area contributed by atoms with E-state index in [0.29, 0.717) is 0 Å². The highest BCUT2D eigenvalue weighted by Gasteiger charge is 2.35. The molecule has 5 aromatic carbocycles. The minimum absolute atomic E-state index is 0.940. The van der Waals surface area contributed by atoms with E-state index in [-0.39, 0.29) is 0 Å². The van der Waals surface area contributed by atoms with Crippen molar-refractivity contribution < 1.29 is 0 Å². The lowest BCUT2D eigenvalue weighted by atomic mass is 10.1. The van der Waals surface area contributed by atoms with Crippen LogP contribution in [0.4, 0.5) is 22.7 Å². The molecule has 0 fully saturated rings. The lowest BCUT2D eigenvalue weighted by Gasteiger charge is -2.36. The number of fused-ring (bicyclic) bond motifs is 4. The number of benzene rings is 5. The van der Waals surface area contributed by atoms with Crippen molar-refractivity contribution in [3.05, 3.63) is 180 Å². The normalized spacial score (nSPS) is 14.5. The number of thiazole rings is 2. The van der Waals surface area contributed by atoms with Crippen molar-refractivity contribution in [3.8, 4) is 21.1 Å². The molecule has 0 atom stereocenters. The Kier molecular flexibility index (Phi) is 9.21. The number of thioether (sulfide) groups is 2. The predicted octanol–water partition coefficient (Wildman–Crippen LogP) is 14.7. The Hall–Kier alpha value is -5.38. The molecule has 2 aliphatic heterocycles. The van der Waals surface area contributed by atoms with Crippen LogP contribution in [0.1, 0.15) is 13.8 Å². The summed E-state index contributed by atoms with van der Waals surface area (Å²) in [5.74, 6) is 0. The first-order valence-electron chi connectivity index (χ1n) is 17.6. The number of hydrogen-bond donors (Lipinski definition) is 0. The van der Waals surface area contributed by atoms with Crippen molar-refractivity contribution in [2.45, 2.75) is 23.6 Å². The second-order valence-corrected chi connectivity index (χ2v) is 17.1. The molecule has 0 radical (unpaired) electrons. The smallest absolute Gasteiger partial charge is 0.124 e. The van der Waals surface area contributed by atoms with E-state index in [1.165, 1.54) is 14.7 Å². The average Bonchev–Trinajstić information content (AvgIpc) is 3.85. The molecule has 0 saturated carbocycles. The molecule has 4 heterocycles. The molecule has 7 aromatic rings. The number of para-hydroxylation sites is 2. The number of hydrogen-bond acceptors (Lipinski definition) is 8. The van der Waals surface area contributed by atoms with Crippen LogP contribution in [0.25, 0.3) is 41.6 Å². The van der Waals surface area contributed by atoms with Crippen LogP contribution in [0.3, 0.4) is 0 Å². The molecular formula is C46H34N4S4. The Labute approximate surface area is 331 Å². The molecule has 4 nitrogen and oxygen atoms in total. The minimum Gasteiger partial charge on any atom is -0.309 e. The number of anilines is 4. The summed E-state index contributed by atoms with van der Waals surface area (Å²) in [6, 6.07) is 38.4. The fourth-order valence-electron chi connectivity index (χ4n) is 6.95. The molecule has 0 amide bonds. The Morgan fingerprint density at radius 1 is 0.556 bits per heavy atom. The van der Waals surface area contributed by atoms with Crippen LogP contribution in [0.15, 0.2) is 190 Å². The molecule has 0 saturated heterocycles. The van der Waals surface area contributed by atoms with Gasteiger partial charge in [0.05, 0.1) is 37.8 Å². The molecule has 0 N–H and O–H groups in total. The van der Waals surface area contributed by atoms with Gasteiger partial charge in [-0.1, -0.05) is 146 Å². The SMILES string of the molecule is C=C/C=C\C1=C(C)N(c2c3nc(-c4ccccc4)sc3c(N3C(/C=C\C=C)=C(C)Sc4ccccc43)c3nc(-c4ccccc4)sc23)c2ccccc2S1. The summed E-state index contributed by atoms with van der Waals surface area (Å²) in [7, 11) is 0. The molecule has 2 aromatic heterocycles. The zero-order chi connectivity index (χ0) is 36.8. The highest BCUT2D eigenvalue weighted by atomic mass is 32.2. The van der Waals surface area contributed by atoms with Gasteiger partial charge in [0.25, 0.3) is 0 Å². The second-order valence-electron chi connectivity index (χ2n) is 12.7. The van der Waals surface area contributed by atoms with Gasteiger partial charge in [0.2, 0.25) is 0 Å². The molecule has 0 spiro atoms. The van der Waals surface area contributed by atoms with E-state index in [2.05, 4.69) is 158 Å². The highest BCUT2D eigenvalue weighted by molar-refractivity contribution is 8.03. The molecule has 262 valence electrons. The molecule has 9 rings (SSSR count). The van der Waals surface area contributed by atoms with Crippen LogP contribution in [0, 0.1) is 0 Å². The summed E-state index contributed by atoms with van der Waals surface area (Å²) in [6.07, 6.45) is 12.0. The van der Waals surface area contributed by atoms with Gasteiger partial charge in [0.15, 0.2) is 0 Å². The number of rotatable bonds is 8. The standard InChI is InChI=1S/C46H34N4S4/c1-5-7-23-33-30(4)51-37-27-17-16-25-35(37)50(33)42-40-43(53-46(48-40)32-21-13-10-14-22-32)41(39-44(42)54-45(47-39)31-19-11-9-12-20-31)49-29(3)36(26-8-6-2)52-38-28-18-15-24-34(38)49/h5-28H,1-2H2,3-4H3/b23-7-,26-8-. The third-order valence-corrected chi connectivity index (χ3v) is 13.9. The van der Waals surface area contributed by atoms with Gasteiger partial charge < -0.3 is 9.80 Å². The number of allylic oxidation sites excluding steroid dienone is 8. The van der Waals surface area contributed by atoms with E-state index >= 15 is 0 Å². The molecule has 54 heavy (non-hydrogen) atoms. The largest absolute Gasteiger partial charge is 0.309 e. The summed E-state index contributed by atoms with van der Waals surface area (Å²) >= 11 is 7.05. The van der Waals surface area contributed by atoms with Crippen molar-refractivity contribution in [2.75, 3.05) is 9.80 Å². The molecule has 0 bridgehead atoms. The van der Waals surface area contributed by atoms with Crippen LogP contribution in [0.5, 0.6) is 0 Å². The summed E-state index contributed by atoms with van der Waals surface area (Å²) < 4.78 is 2.15. The predicted molar refractivity (Wildman–Crippen MR) is 237 cm³/mol. The summed E-state index contributed by atoms with van der Waals surface area (Å²) in [5.41, 5.74) is 10.6. The van der Waals surface area contributed by atoms with Gasteiger partial charge >= 0.3 is 0 Å². The lowest BCUT2D eigenvalue weighted by Crippen LogP contribution is -2.22. The van der Waals surface area contributed by atoms with Gasteiger partial charge in [0, 0.05) is 36.4 Å². The first kappa shape index (κ1) is 34.4. The van der Waals surface area contributed by atoms with Gasteiger partial charge in [-0.25, -0.2) is 9.97 Å². The quantitative estimate of drug-likeness (QED) is 0.143. The zero-order valence-corrected chi connectivity index (χ0v) is 33.0. The van der Waals surface area contributed by atoms with Crippen molar-refractivity contribution in [2.24, 2.45) is 0 Å². The maximum Gasteiger partial charge on any atom is 0.124 e. The van der Waals surface area contributed by atoms with Crippen molar-refractivity contribution in [3.63, 3.8) is 0 Å². The van der Waals surface area contributed by atoms with Crippen molar-refractivity contribution >= 4 is 89.4 Å². The third-order valence-electron chi connectivity index (χ3n) is 9.38. The Morgan fingerprint density at radius 3 is 1.61 bits per heavy atom. The summed E-state index contributed by atoms with van der Waals surface area (Å²) in [6.45, 7) is 12.4. The molecule has 0 aliphatic carbocycles. The van der Waals surface area contributed by atoms with Crippen LogP contribution in [-0.4, -0.2) is 9.97 Å². The van der Waals surface area contributed by atoms with E-state index in [4.69, 9.17) is 9.97 Å². The Morgan fingerprint density at radius 2 is 1.04 bits per heavy atom. The van der Waals surface area contributed by atoms with E-state index in [9.17, 15) is 0 Å². The van der Waals surface area contributed by atoms with Crippen LogP contribution >= 0.6 is 46.2 Å².